The number of aliphatic carboxylic acids is 1. The summed E-state index contributed by atoms with van der Waals surface area (Å²) >= 11 is 0. The zero-order valence-electron chi connectivity index (χ0n) is 20.9. The third kappa shape index (κ3) is 5.81. The van der Waals surface area contributed by atoms with Crippen LogP contribution in [0, 0.1) is 0 Å². The summed E-state index contributed by atoms with van der Waals surface area (Å²) in [6.07, 6.45) is -2.78. The molecule has 202 valence electrons. The Morgan fingerprint density at radius 3 is 2.55 bits per heavy atom. The smallest absolute Gasteiger partial charge is 0.408 e. The van der Waals surface area contributed by atoms with Crippen molar-refractivity contribution in [1.29, 1.82) is 0 Å². The molecule has 1 aliphatic rings. The minimum absolute atomic E-state index is 0.102. The molecule has 0 radical (unpaired) electrons. The highest BCUT2D eigenvalue weighted by Gasteiger charge is 2.49. The summed E-state index contributed by atoms with van der Waals surface area (Å²) in [4.78, 5) is 49.6. The number of alkyl carbamates (subject to hydrolysis) is 1. The van der Waals surface area contributed by atoms with Gasteiger partial charge in [-0.3, -0.25) is 9.36 Å². The number of ether oxygens (including phenoxy) is 2. The van der Waals surface area contributed by atoms with Gasteiger partial charge in [0.1, 0.15) is 23.5 Å². The number of benzene rings is 1. The number of imidazole rings is 1. The summed E-state index contributed by atoms with van der Waals surface area (Å²) in [6.45, 7) is 5.14. The standard InChI is InChI=1S/C24H29N7O7/c1-24(2,3)38-23(36)29-13(12-7-5-4-6-8-12)9-14(32)30-15-17(33)21(37-18(15)22(34)35)31-11-28-16-19(25)26-10-27-20(16)31/h4-8,10-11,13,15,17-18,21,33H,9H2,1-3H3,(H,29,36)(H,30,32)(H,34,35)(H2,25,26,27)/t13?,15-,17+,18-,21+/m0/s1. The Morgan fingerprint density at radius 2 is 1.89 bits per heavy atom. The summed E-state index contributed by atoms with van der Waals surface area (Å²) < 4.78 is 12.3. The first kappa shape index (κ1) is 26.8. The molecular weight excluding hydrogens is 498 g/mol. The lowest BCUT2D eigenvalue weighted by Crippen LogP contribution is -2.50. The van der Waals surface area contributed by atoms with Crippen LogP contribution in [0.15, 0.2) is 43.0 Å². The Bertz CT molecular complexity index is 1320. The number of aliphatic hydroxyl groups is 1. The third-order valence-electron chi connectivity index (χ3n) is 5.79. The number of amides is 2. The lowest BCUT2D eigenvalue weighted by atomic mass is 10.0. The van der Waals surface area contributed by atoms with E-state index in [2.05, 4.69) is 25.6 Å². The fourth-order valence-corrected chi connectivity index (χ4v) is 4.15. The molecule has 2 amide bonds. The highest BCUT2D eigenvalue weighted by molar-refractivity contribution is 5.82. The predicted molar refractivity (Wildman–Crippen MR) is 132 cm³/mol. The fourth-order valence-electron chi connectivity index (χ4n) is 4.15. The number of nitrogens with two attached hydrogens (primary N) is 1. The van der Waals surface area contributed by atoms with E-state index in [1.165, 1.54) is 17.2 Å². The second kappa shape index (κ2) is 10.6. The number of carbonyl (C=O) groups is 3. The van der Waals surface area contributed by atoms with Gasteiger partial charge in [0.05, 0.1) is 24.8 Å². The molecule has 0 bridgehead atoms. The molecule has 1 aliphatic heterocycles. The van der Waals surface area contributed by atoms with Gasteiger partial charge in [-0.15, -0.1) is 0 Å². The maximum atomic E-state index is 13.1. The minimum atomic E-state index is -1.58. The van der Waals surface area contributed by atoms with Gasteiger partial charge in [0, 0.05) is 0 Å². The van der Waals surface area contributed by atoms with Crippen molar-refractivity contribution < 1.29 is 34.1 Å². The monoisotopic (exact) mass is 527 g/mol. The Hall–Kier alpha value is -4.30. The zero-order chi connectivity index (χ0) is 27.6. The van der Waals surface area contributed by atoms with Crippen molar-refractivity contribution >= 4 is 35.0 Å². The van der Waals surface area contributed by atoms with Crippen LogP contribution in [0.5, 0.6) is 0 Å². The van der Waals surface area contributed by atoms with Gasteiger partial charge in [0.2, 0.25) is 5.91 Å². The van der Waals surface area contributed by atoms with E-state index in [-0.39, 0.29) is 23.4 Å². The summed E-state index contributed by atoms with van der Waals surface area (Å²) in [5, 5.41) is 26.0. The molecule has 3 heterocycles. The van der Waals surface area contributed by atoms with E-state index in [0.29, 0.717) is 5.56 Å². The average molecular weight is 528 g/mol. The molecule has 1 unspecified atom stereocenters. The maximum absolute atomic E-state index is 13.1. The molecule has 14 nitrogen and oxygen atoms in total. The molecule has 0 saturated carbocycles. The second-order valence-electron chi connectivity index (χ2n) is 9.77. The van der Waals surface area contributed by atoms with Crippen LogP contribution in [-0.4, -0.2) is 71.6 Å². The number of nitrogen functional groups attached to an aromatic ring is 1. The third-order valence-corrected chi connectivity index (χ3v) is 5.79. The van der Waals surface area contributed by atoms with Gasteiger partial charge in [-0.05, 0) is 26.3 Å². The molecule has 0 aliphatic carbocycles. The van der Waals surface area contributed by atoms with Crippen molar-refractivity contribution in [2.24, 2.45) is 0 Å². The van der Waals surface area contributed by atoms with Gasteiger partial charge in [-0.2, -0.15) is 0 Å². The van der Waals surface area contributed by atoms with Gasteiger partial charge in [-0.1, -0.05) is 30.3 Å². The molecule has 2 aromatic heterocycles. The number of aromatic nitrogens is 4. The van der Waals surface area contributed by atoms with Crippen LogP contribution in [0.25, 0.3) is 11.2 Å². The van der Waals surface area contributed by atoms with Crippen LogP contribution < -0.4 is 16.4 Å². The van der Waals surface area contributed by atoms with Gasteiger partial charge in [0.15, 0.2) is 23.8 Å². The van der Waals surface area contributed by atoms with Crippen LogP contribution in [-0.2, 0) is 19.1 Å². The molecule has 1 saturated heterocycles. The maximum Gasteiger partial charge on any atom is 0.408 e. The largest absolute Gasteiger partial charge is 0.479 e. The molecule has 5 atom stereocenters. The number of fused-ring (bicyclic) bond motifs is 1. The van der Waals surface area contributed by atoms with E-state index >= 15 is 0 Å². The molecule has 38 heavy (non-hydrogen) atoms. The molecule has 14 heteroatoms. The average Bonchev–Trinajstić information content (AvgIpc) is 3.40. The van der Waals surface area contributed by atoms with Crippen molar-refractivity contribution in [1.82, 2.24) is 30.2 Å². The number of carboxylic acid groups (broad SMARTS) is 1. The quantitative estimate of drug-likeness (QED) is 0.292. The molecule has 1 fully saturated rings. The number of carboxylic acids is 1. The predicted octanol–water partition coefficient (Wildman–Crippen LogP) is 0.892. The highest BCUT2D eigenvalue weighted by atomic mass is 16.6. The van der Waals surface area contributed by atoms with Crippen molar-refractivity contribution in [3.8, 4) is 0 Å². The number of rotatable bonds is 7. The highest BCUT2D eigenvalue weighted by Crippen LogP contribution is 2.32. The molecule has 6 N–H and O–H groups in total. The van der Waals surface area contributed by atoms with Crippen LogP contribution in [0.4, 0.5) is 10.6 Å². The number of hydrogen-bond acceptors (Lipinski definition) is 10. The van der Waals surface area contributed by atoms with E-state index in [0.717, 1.165) is 0 Å². The Kier molecular flexibility index (Phi) is 7.46. The minimum Gasteiger partial charge on any atom is -0.479 e. The zero-order valence-corrected chi connectivity index (χ0v) is 20.9. The van der Waals surface area contributed by atoms with E-state index in [4.69, 9.17) is 15.2 Å². The lowest BCUT2D eigenvalue weighted by Gasteiger charge is -2.25. The van der Waals surface area contributed by atoms with Gasteiger partial charge in [0.25, 0.3) is 0 Å². The molecule has 1 aromatic carbocycles. The topological polar surface area (TPSA) is 204 Å². The van der Waals surface area contributed by atoms with Crippen molar-refractivity contribution in [2.75, 3.05) is 5.73 Å². The molecule has 3 aromatic rings. The first-order valence-corrected chi connectivity index (χ1v) is 11.8. The van der Waals surface area contributed by atoms with E-state index < -0.39 is 54.1 Å². The summed E-state index contributed by atoms with van der Waals surface area (Å²) in [7, 11) is 0. The number of anilines is 1. The van der Waals surface area contributed by atoms with Crippen molar-refractivity contribution in [2.45, 2.75) is 63.3 Å². The number of aliphatic hydroxyl groups excluding tert-OH is 1. The summed E-state index contributed by atoms with van der Waals surface area (Å²) in [5.41, 5.74) is 6.17. The van der Waals surface area contributed by atoms with Crippen LogP contribution in [0.2, 0.25) is 0 Å². The van der Waals surface area contributed by atoms with Crippen LogP contribution in [0.1, 0.15) is 45.0 Å². The normalized spacial score (nSPS) is 22.1. The fraction of sp³-hybridized carbons (Fsp3) is 0.417. The lowest BCUT2D eigenvalue weighted by molar-refractivity contribution is -0.152. The molecule has 0 spiro atoms. The molecular formula is C24H29N7O7. The van der Waals surface area contributed by atoms with Crippen molar-refractivity contribution in [3.05, 3.63) is 48.5 Å². The first-order valence-electron chi connectivity index (χ1n) is 11.8. The second-order valence-corrected chi connectivity index (χ2v) is 9.77. The van der Waals surface area contributed by atoms with Gasteiger partial charge in [-0.25, -0.2) is 24.5 Å². The Balaban J connectivity index is 1.53. The van der Waals surface area contributed by atoms with E-state index in [1.807, 2.05) is 0 Å². The number of nitrogens with one attached hydrogen (secondary N) is 2. The summed E-state index contributed by atoms with van der Waals surface area (Å²) in [6, 6.07) is 6.65. The first-order chi connectivity index (χ1) is 17.9. The SMILES string of the molecule is CC(C)(C)OC(=O)NC(CC(=O)N[C@H]1[C@@H](O)[C@H](n2cnc3c(N)ncnc32)O[C@@H]1C(=O)O)c1ccccc1. The number of carbonyl (C=O) groups excluding carboxylic acids is 2. The van der Waals surface area contributed by atoms with E-state index in [1.54, 1.807) is 51.1 Å². The number of hydrogen-bond donors (Lipinski definition) is 5. The van der Waals surface area contributed by atoms with Gasteiger partial charge < -0.3 is 36.1 Å². The van der Waals surface area contributed by atoms with Crippen molar-refractivity contribution in [3.63, 3.8) is 0 Å². The van der Waals surface area contributed by atoms with E-state index in [9.17, 15) is 24.6 Å². The summed E-state index contributed by atoms with van der Waals surface area (Å²) in [5.74, 6) is -1.91. The number of nitrogens with zero attached hydrogens (tertiary/aromatic N) is 4. The Labute approximate surface area is 217 Å². The van der Waals surface area contributed by atoms with Crippen LogP contribution >= 0.6 is 0 Å². The molecule has 4 rings (SSSR count). The van der Waals surface area contributed by atoms with Gasteiger partial charge >= 0.3 is 12.1 Å². The van der Waals surface area contributed by atoms with Crippen LogP contribution in [0.3, 0.4) is 0 Å². The Morgan fingerprint density at radius 1 is 1.18 bits per heavy atom.